The monoisotopic (exact) mass is 286 g/mol. The summed E-state index contributed by atoms with van der Waals surface area (Å²) in [6, 6.07) is 2.16. The summed E-state index contributed by atoms with van der Waals surface area (Å²) in [5, 5.41) is 0. The normalized spacial score (nSPS) is 11.6. The Hall–Kier alpha value is -0.360. The van der Waals surface area contributed by atoms with Gasteiger partial charge in [-0.25, -0.2) is 0 Å². The number of alkyl halides is 3. The van der Waals surface area contributed by atoms with Crippen molar-refractivity contribution in [2.24, 2.45) is 0 Å². The molecule has 0 atom stereocenters. The molecule has 0 fully saturated rings. The first-order chi connectivity index (χ1) is 6.36. The number of benzene rings is 1. The lowest BCUT2D eigenvalue weighted by atomic mass is 10.2. The zero-order chi connectivity index (χ0) is 10.9. The lowest BCUT2D eigenvalue weighted by Gasteiger charge is -2.12. The van der Waals surface area contributed by atoms with E-state index < -0.39 is 11.7 Å². The van der Waals surface area contributed by atoms with Crippen LogP contribution in [-0.2, 0) is 6.18 Å². The highest BCUT2D eigenvalue weighted by atomic mass is 79.9. The molecule has 0 aliphatic heterocycles. The van der Waals surface area contributed by atoms with Crippen LogP contribution in [-0.4, -0.2) is 7.11 Å². The number of ether oxygens (including phenoxy) is 1. The second kappa shape index (κ2) is 4.02. The Balaban J connectivity index is 3.29. The number of hydrogen-bond acceptors (Lipinski definition) is 2. The first kappa shape index (κ1) is 11.7. The van der Waals surface area contributed by atoms with E-state index in [0.717, 1.165) is 6.07 Å². The lowest BCUT2D eigenvalue weighted by Crippen LogP contribution is -2.06. The van der Waals surface area contributed by atoms with Crippen molar-refractivity contribution in [2.45, 2.75) is 11.1 Å². The zero-order valence-corrected chi connectivity index (χ0v) is 9.50. The molecule has 0 N–H and O–H groups in total. The minimum Gasteiger partial charge on any atom is -0.496 e. The van der Waals surface area contributed by atoms with Crippen LogP contribution in [0.4, 0.5) is 13.2 Å². The minimum absolute atomic E-state index is 0.0559. The van der Waals surface area contributed by atoms with Crippen molar-refractivity contribution in [2.75, 3.05) is 7.11 Å². The van der Waals surface area contributed by atoms with Gasteiger partial charge in [-0.15, -0.1) is 12.6 Å². The quantitative estimate of drug-likeness (QED) is 0.774. The Morgan fingerprint density at radius 1 is 1.36 bits per heavy atom. The predicted molar refractivity (Wildman–Crippen MR) is 52.9 cm³/mol. The topological polar surface area (TPSA) is 9.23 Å². The van der Waals surface area contributed by atoms with Crippen molar-refractivity contribution in [3.05, 3.63) is 22.2 Å². The summed E-state index contributed by atoms with van der Waals surface area (Å²) in [7, 11) is 1.37. The van der Waals surface area contributed by atoms with E-state index in [1.165, 1.54) is 13.2 Å². The molecule has 0 unspecified atom stereocenters. The average Bonchev–Trinajstić information content (AvgIpc) is 2.06. The van der Waals surface area contributed by atoms with Gasteiger partial charge < -0.3 is 4.74 Å². The highest BCUT2D eigenvalue weighted by Gasteiger charge is 2.33. The van der Waals surface area contributed by atoms with Gasteiger partial charge in [0.05, 0.1) is 12.7 Å². The number of thiol groups is 1. The maximum Gasteiger partial charge on any atom is 0.417 e. The molecule has 14 heavy (non-hydrogen) atoms. The van der Waals surface area contributed by atoms with Crippen LogP contribution in [0.25, 0.3) is 0 Å². The van der Waals surface area contributed by atoms with Gasteiger partial charge in [0.2, 0.25) is 0 Å². The first-order valence-electron chi connectivity index (χ1n) is 3.50. The first-order valence-corrected chi connectivity index (χ1v) is 4.74. The number of rotatable bonds is 1. The van der Waals surface area contributed by atoms with Gasteiger partial charge in [0.1, 0.15) is 5.75 Å². The van der Waals surface area contributed by atoms with Crippen LogP contribution >= 0.6 is 28.6 Å². The van der Waals surface area contributed by atoms with E-state index >= 15 is 0 Å². The number of methoxy groups -OCH3 is 1. The maximum atomic E-state index is 12.4. The van der Waals surface area contributed by atoms with Crippen molar-refractivity contribution >= 4 is 28.6 Å². The predicted octanol–water partition coefficient (Wildman–Crippen LogP) is 3.77. The lowest BCUT2D eigenvalue weighted by molar-refractivity contribution is -0.138. The van der Waals surface area contributed by atoms with Crippen LogP contribution in [0.1, 0.15) is 5.56 Å². The third kappa shape index (κ3) is 2.36. The Bertz CT molecular complexity index is 351. The smallest absolute Gasteiger partial charge is 0.417 e. The Kier molecular flexibility index (Phi) is 3.36. The van der Waals surface area contributed by atoms with E-state index in [2.05, 4.69) is 28.6 Å². The van der Waals surface area contributed by atoms with Crippen LogP contribution in [0, 0.1) is 0 Å². The number of halogens is 4. The summed E-state index contributed by atoms with van der Waals surface area (Å²) in [5.41, 5.74) is -0.761. The summed E-state index contributed by atoms with van der Waals surface area (Å²) in [6.07, 6.45) is -4.39. The molecular formula is C8H6BrF3OS. The molecule has 0 spiro atoms. The average molecular weight is 287 g/mol. The van der Waals surface area contributed by atoms with Crippen molar-refractivity contribution < 1.29 is 17.9 Å². The van der Waals surface area contributed by atoms with Crippen LogP contribution in [0.15, 0.2) is 21.5 Å². The molecule has 0 aromatic heterocycles. The molecule has 0 radical (unpaired) electrons. The zero-order valence-electron chi connectivity index (χ0n) is 7.02. The third-order valence-corrected chi connectivity index (χ3v) is 2.58. The molecule has 0 bridgehead atoms. The van der Waals surface area contributed by atoms with Crippen LogP contribution in [0.2, 0.25) is 0 Å². The summed E-state index contributed by atoms with van der Waals surface area (Å²) < 4.78 is 41.8. The molecule has 1 aromatic carbocycles. The molecule has 0 aliphatic rings. The van der Waals surface area contributed by atoms with Crippen molar-refractivity contribution in [1.82, 2.24) is 0 Å². The van der Waals surface area contributed by atoms with Gasteiger partial charge >= 0.3 is 6.18 Å². The van der Waals surface area contributed by atoms with Gasteiger partial charge in [0, 0.05) is 9.37 Å². The third-order valence-electron chi connectivity index (χ3n) is 1.57. The number of hydrogen-bond donors (Lipinski definition) is 1. The standard InChI is InChI=1S/C8H6BrF3OS/c1-13-6-3-5(9)4(2-7(6)14)8(10,11)12/h2-3,14H,1H3. The summed E-state index contributed by atoms with van der Waals surface area (Å²) in [5.74, 6) is 0.299. The highest BCUT2D eigenvalue weighted by molar-refractivity contribution is 9.10. The van der Waals surface area contributed by atoms with E-state index in [-0.39, 0.29) is 9.37 Å². The molecular weight excluding hydrogens is 281 g/mol. The second-order valence-corrected chi connectivity index (χ2v) is 3.84. The molecule has 1 aromatic rings. The van der Waals surface area contributed by atoms with E-state index in [9.17, 15) is 13.2 Å². The second-order valence-electron chi connectivity index (χ2n) is 2.50. The molecule has 0 amide bonds. The van der Waals surface area contributed by atoms with E-state index in [1.807, 2.05) is 0 Å². The van der Waals surface area contributed by atoms with Gasteiger partial charge in [-0.05, 0) is 12.1 Å². The van der Waals surface area contributed by atoms with Crippen LogP contribution in [0.3, 0.4) is 0 Å². The molecule has 78 valence electrons. The van der Waals surface area contributed by atoms with Crippen molar-refractivity contribution in [3.8, 4) is 5.75 Å². The summed E-state index contributed by atoms with van der Waals surface area (Å²) in [6.45, 7) is 0. The summed E-state index contributed by atoms with van der Waals surface area (Å²) >= 11 is 6.70. The highest BCUT2D eigenvalue weighted by Crippen LogP contribution is 2.39. The van der Waals surface area contributed by atoms with Gasteiger partial charge in [-0.2, -0.15) is 13.2 Å². The van der Waals surface area contributed by atoms with Crippen LogP contribution < -0.4 is 4.74 Å². The maximum absolute atomic E-state index is 12.4. The van der Waals surface area contributed by atoms with Gasteiger partial charge in [0.15, 0.2) is 0 Å². The molecule has 0 aliphatic carbocycles. The minimum atomic E-state index is -4.39. The van der Waals surface area contributed by atoms with Gasteiger partial charge in [0.25, 0.3) is 0 Å². The Labute approximate surface area is 92.8 Å². The Morgan fingerprint density at radius 2 is 1.93 bits per heavy atom. The fourth-order valence-electron chi connectivity index (χ4n) is 0.924. The van der Waals surface area contributed by atoms with E-state index in [4.69, 9.17) is 4.74 Å². The van der Waals surface area contributed by atoms with E-state index in [0.29, 0.717) is 5.75 Å². The van der Waals surface area contributed by atoms with Gasteiger partial charge in [-0.1, -0.05) is 15.9 Å². The molecule has 1 nitrogen and oxygen atoms in total. The summed E-state index contributed by atoms with van der Waals surface area (Å²) in [4.78, 5) is 0.156. The largest absolute Gasteiger partial charge is 0.496 e. The SMILES string of the molecule is COc1cc(Br)c(C(F)(F)F)cc1S. The molecule has 0 saturated carbocycles. The molecule has 6 heteroatoms. The van der Waals surface area contributed by atoms with Crippen molar-refractivity contribution in [1.29, 1.82) is 0 Å². The van der Waals surface area contributed by atoms with E-state index in [1.54, 1.807) is 0 Å². The van der Waals surface area contributed by atoms with Gasteiger partial charge in [-0.3, -0.25) is 0 Å². The fourth-order valence-corrected chi connectivity index (χ4v) is 1.76. The molecule has 0 heterocycles. The van der Waals surface area contributed by atoms with Crippen molar-refractivity contribution in [3.63, 3.8) is 0 Å². The fraction of sp³-hybridized carbons (Fsp3) is 0.250. The van der Waals surface area contributed by atoms with Crippen LogP contribution in [0.5, 0.6) is 5.75 Å². The molecule has 0 saturated heterocycles. The Morgan fingerprint density at radius 3 is 2.36 bits per heavy atom. The molecule has 1 rings (SSSR count).